The molecule has 150 valence electrons. The van der Waals surface area contributed by atoms with Crippen LogP contribution in [0.15, 0.2) is 0 Å². The Morgan fingerprint density at radius 3 is 1.48 bits per heavy atom. The topological polar surface area (TPSA) is 84.9 Å². The molecule has 0 spiro atoms. The second-order valence-corrected chi connectivity index (χ2v) is 10.7. The predicted molar refractivity (Wildman–Crippen MR) is 110 cm³/mol. The number of aromatic hydroxyl groups is 2. The largest absolute Gasteiger partial charge is 0.508 e. The highest BCUT2D eigenvalue weighted by Crippen LogP contribution is 2.65. The molecule has 1 aliphatic carbocycles. The van der Waals surface area contributed by atoms with Gasteiger partial charge in [0.05, 0.1) is 22.4 Å². The number of phenolic OH excluding ortho intramolecular Hbond substituents is 2. The molecular formula is C21H34BNO4. The van der Waals surface area contributed by atoms with Gasteiger partial charge in [0.15, 0.2) is 0 Å². The van der Waals surface area contributed by atoms with Crippen molar-refractivity contribution in [3.63, 3.8) is 0 Å². The molecule has 1 aliphatic heterocycles. The van der Waals surface area contributed by atoms with Crippen LogP contribution < -0.4 is 11.2 Å². The van der Waals surface area contributed by atoms with Crippen LogP contribution in [0.25, 0.3) is 0 Å². The molecule has 2 aliphatic rings. The lowest BCUT2D eigenvalue weighted by Gasteiger charge is -2.44. The first-order valence-electron chi connectivity index (χ1n) is 9.65. The smallest absolute Gasteiger partial charge is 0.500 e. The lowest BCUT2D eigenvalue weighted by molar-refractivity contribution is 0.00578. The summed E-state index contributed by atoms with van der Waals surface area (Å²) >= 11 is 0. The monoisotopic (exact) mass is 375 g/mol. The molecule has 5 nitrogen and oxygen atoms in total. The van der Waals surface area contributed by atoms with E-state index >= 15 is 0 Å². The SMILES string of the molecule is CC1(C)OB(c2c(N)c(O)c3c(c2O)C(C)(C)C(C)(C)C3(C)C)OC1(C)C. The first-order chi connectivity index (χ1) is 11.9. The van der Waals surface area contributed by atoms with Crippen LogP contribution in [0.2, 0.25) is 0 Å². The number of hydrogen-bond donors (Lipinski definition) is 3. The summed E-state index contributed by atoms with van der Waals surface area (Å²) in [6, 6.07) is 0. The van der Waals surface area contributed by atoms with Gasteiger partial charge in [-0.2, -0.15) is 0 Å². The van der Waals surface area contributed by atoms with Gasteiger partial charge in [-0.25, -0.2) is 0 Å². The molecule has 3 rings (SSSR count). The van der Waals surface area contributed by atoms with E-state index in [9.17, 15) is 10.2 Å². The Bertz CT molecular complexity index is 808. The summed E-state index contributed by atoms with van der Waals surface area (Å²) in [6.07, 6.45) is 0. The third-order valence-electron chi connectivity index (χ3n) is 8.39. The number of rotatable bonds is 1. The van der Waals surface area contributed by atoms with Crippen molar-refractivity contribution in [2.45, 2.75) is 91.3 Å². The number of nitrogens with two attached hydrogens (primary N) is 1. The Morgan fingerprint density at radius 1 is 0.704 bits per heavy atom. The fourth-order valence-electron chi connectivity index (χ4n) is 4.58. The van der Waals surface area contributed by atoms with E-state index < -0.39 is 18.3 Å². The lowest BCUT2D eigenvalue weighted by atomic mass is 9.59. The molecule has 4 N–H and O–H groups in total. The fourth-order valence-corrected chi connectivity index (χ4v) is 4.58. The van der Waals surface area contributed by atoms with Gasteiger partial charge in [-0.15, -0.1) is 0 Å². The molecule has 1 heterocycles. The molecule has 1 aromatic rings. The zero-order chi connectivity index (χ0) is 21.0. The van der Waals surface area contributed by atoms with Crippen LogP contribution in [0.3, 0.4) is 0 Å². The molecule has 0 aromatic heterocycles. The molecule has 1 fully saturated rings. The number of fused-ring (bicyclic) bond motifs is 1. The van der Waals surface area contributed by atoms with Crippen LogP contribution >= 0.6 is 0 Å². The Morgan fingerprint density at radius 2 is 1.07 bits per heavy atom. The summed E-state index contributed by atoms with van der Waals surface area (Å²) in [5, 5.41) is 22.5. The van der Waals surface area contributed by atoms with Gasteiger partial charge in [0, 0.05) is 11.1 Å². The van der Waals surface area contributed by atoms with Crippen molar-refractivity contribution in [1.82, 2.24) is 0 Å². The van der Waals surface area contributed by atoms with Gasteiger partial charge in [0.2, 0.25) is 0 Å². The van der Waals surface area contributed by atoms with Crippen molar-refractivity contribution in [3.8, 4) is 11.5 Å². The van der Waals surface area contributed by atoms with Gasteiger partial charge >= 0.3 is 7.12 Å². The van der Waals surface area contributed by atoms with E-state index in [2.05, 4.69) is 41.5 Å². The van der Waals surface area contributed by atoms with Crippen LogP contribution in [0.4, 0.5) is 5.69 Å². The number of benzene rings is 1. The minimum Gasteiger partial charge on any atom is -0.508 e. The van der Waals surface area contributed by atoms with Gasteiger partial charge in [-0.1, -0.05) is 41.5 Å². The van der Waals surface area contributed by atoms with E-state index in [4.69, 9.17) is 15.0 Å². The second kappa shape index (κ2) is 5.15. The highest BCUT2D eigenvalue weighted by Gasteiger charge is 2.61. The Kier molecular flexibility index (Phi) is 3.88. The summed E-state index contributed by atoms with van der Waals surface area (Å²) < 4.78 is 12.3. The molecule has 0 saturated carbocycles. The highest BCUT2D eigenvalue weighted by atomic mass is 16.7. The molecule has 27 heavy (non-hydrogen) atoms. The zero-order valence-corrected chi connectivity index (χ0v) is 18.4. The van der Waals surface area contributed by atoms with Crippen LogP contribution in [0.5, 0.6) is 11.5 Å². The average Bonchev–Trinajstić information content (AvgIpc) is 2.75. The molecule has 0 radical (unpaired) electrons. The first kappa shape index (κ1) is 20.3. The van der Waals surface area contributed by atoms with Crippen LogP contribution in [0.1, 0.15) is 80.4 Å². The van der Waals surface area contributed by atoms with Crippen molar-refractivity contribution < 1.29 is 19.5 Å². The van der Waals surface area contributed by atoms with Crippen molar-refractivity contribution in [2.24, 2.45) is 5.41 Å². The van der Waals surface area contributed by atoms with E-state index in [1.54, 1.807) is 0 Å². The first-order valence-corrected chi connectivity index (χ1v) is 9.65. The minimum atomic E-state index is -0.839. The molecule has 6 heteroatoms. The number of anilines is 1. The standard InChI is InChI=1S/C21H34BNO4/c1-17(2)11-12(18(3,4)19(17,5)6)16(25)14(23)13(15(11)24)22-26-20(7,8)21(9,10)27-22/h24-25H,23H2,1-10H3. The fraction of sp³-hybridized carbons (Fsp3) is 0.714. The summed E-state index contributed by atoms with van der Waals surface area (Å²) in [5.41, 5.74) is 6.11. The van der Waals surface area contributed by atoms with E-state index in [0.717, 1.165) is 5.56 Å². The average molecular weight is 375 g/mol. The maximum Gasteiger partial charge on any atom is 0.500 e. The quantitative estimate of drug-likeness (QED) is 0.302. The number of hydrogen-bond acceptors (Lipinski definition) is 5. The van der Waals surface area contributed by atoms with E-state index in [1.807, 2.05) is 27.7 Å². The molecule has 0 atom stereocenters. The molecule has 0 bridgehead atoms. The number of nitrogen functional groups attached to an aromatic ring is 1. The summed E-state index contributed by atoms with van der Waals surface area (Å²) in [5.74, 6) is 0.0959. The van der Waals surface area contributed by atoms with E-state index in [0.29, 0.717) is 11.0 Å². The second-order valence-electron chi connectivity index (χ2n) is 10.7. The molecule has 1 saturated heterocycles. The Balaban J connectivity index is 2.31. The van der Waals surface area contributed by atoms with Gasteiger partial charge in [-0.3, -0.25) is 0 Å². The molecule has 0 amide bonds. The minimum absolute atomic E-state index is 0.0242. The van der Waals surface area contributed by atoms with Gasteiger partial charge < -0.3 is 25.3 Å². The third kappa shape index (κ3) is 2.20. The summed E-state index contributed by atoms with van der Waals surface area (Å²) in [6.45, 7) is 20.5. The van der Waals surface area contributed by atoms with Crippen molar-refractivity contribution >= 4 is 18.3 Å². The zero-order valence-electron chi connectivity index (χ0n) is 18.4. The maximum absolute atomic E-state index is 11.4. The summed E-state index contributed by atoms with van der Waals surface area (Å²) in [7, 11) is -0.839. The van der Waals surface area contributed by atoms with Crippen molar-refractivity contribution in [1.29, 1.82) is 0 Å². The normalized spacial score (nSPS) is 26.2. The van der Waals surface area contributed by atoms with Gasteiger partial charge in [0.1, 0.15) is 11.5 Å². The Labute approximate surface area is 163 Å². The van der Waals surface area contributed by atoms with Crippen LogP contribution in [0, 0.1) is 5.41 Å². The van der Waals surface area contributed by atoms with Gasteiger partial charge in [0.25, 0.3) is 0 Å². The summed E-state index contributed by atoms with van der Waals surface area (Å²) in [4.78, 5) is 0. The lowest BCUT2D eigenvalue weighted by Crippen LogP contribution is -2.42. The van der Waals surface area contributed by atoms with Crippen molar-refractivity contribution in [3.05, 3.63) is 11.1 Å². The number of phenols is 2. The van der Waals surface area contributed by atoms with Crippen LogP contribution in [-0.2, 0) is 20.1 Å². The van der Waals surface area contributed by atoms with E-state index in [1.165, 1.54) is 0 Å². The molecule has 1 aromatic carbocycles. The third-order valence-corrected chi connectivity index (χ3v) is 8.39. The Hall–Kier alpha value is -1.40. The van der Waals surface area contributed by atoms with E-state index in [-0.39, 0.29) is 33.4 Å². The molecular weight excluding hydrogens is 341 g/mol. The highest BCUT2D eigenvalue weighted by molar-refractivity contribution is 6.65. The predicted octanol–water partition coefficient (Wildman–Crippen LogP) is 3.57. The van der Waals surface area contributed by atoms with Crippen molar-refractivity contribution in [2.75, 3.05) is 5.73 Å². The maximum atomic E-state index is 11.4. The molecule has 0 unspecified atom stereocenters. The van der Waals surface area contributed by atoms with Gasteiger partial charge in [-0.05, 0) is 43.9 Å². The van der Waals surface area contributed by atoms with Crippen LogP contribution in [-0.4, -0.2) is 28.5 Å².